The maximum absolute atomic E-state index is 13.0. The second-order valence-corrected chi connectivity index (χ2v) is 14.4. The van der Waals surface area contributed by atoms with Crippen LogP contribution in [0.2, 0.25) is 0 Å². The number of amides is 2. The van der Waals surface area contributed by atoms with Crippen molar-refractivity contribution in [3.63, 3.8) is 0 Å². The number of carbonyl (C=O) groups is 4. The summed E-state index contributed by atoms with van der Waals surface area (Å²) in [5, 5.41) is 7.11. The predicted octanol–water partition coefficient (Wildman–Crippen LogP) is 5.94. The molecule has 2 aromatic carbocycles. The number of benzene rings is 2. The third-order valence-corrected chi connectivity index (χ3v) is 7.15. The van der Waals surface area contributed by atoms with Crippen molar-refractivity contribution in [1.29, 1.82) is 0 Å². The molecule has 0 spiro atoms. The Hall–Kier alpha value is -2.92. The van der Waals surface area contributed by atoms with E-state index in [1.165, 1.54) is 12.6 Å². The van der Waals surface area contributed by atoms with Gasteiger partial charge in [0.1, 0.15) is 23.3 Å². The normalized spacial score (nSPS) is 12.9. The van der Waals surface area contributed by atoms with Gasteiger partial charge in [0.15, 0.2) is 0 Å². The monoisotopic (exact) mass is 751 g/mol. The van der Waals surface area contributed by atoms with Crippen molar-refractivity contribution in [3.8, 4) is 0 Å². The number of ether oxygens (including phenoxy) is 2. The molecule has 2 amide bonds. The van der Waals surface area contributed by atoms with Crippen LogP contribution in [0.4, 0.5) is 5.69 Å². The van der Waals surface area contributed by atoms with E-state index in [-0.39, 0.29) is 12.8 Å². The molecule has 9 nitrogen and oxygen atoms in total. The Balaban J connectivity index is 1.99. The molecule has 0 bridgehead atoms. The Morgan fingerprint density at radius 2 is 1.29 bits per heavy atom. The summed E-state index contributed by atoms with van der Waals surface area (Å²) in [6.07, 6.45) is 0.616. The lowest BCUT2D eigenvalue weighted by atomic mass is 10.0. The van der Waals surface area contributed by atoms with E-state index < -0.39 is 47.0 Å². The predicted molar refractivity (Wildman–Crippen MR) is 185 cm³/mol. The molecule has 11 heteroatoms. The highest BCUT2D eigenvalue weighted by Crippen LogP contribution is 2.19. The van der Waals surface area contributed by atoms with Crippen LogP contribution in [0.1, 0.15) is 82.8 Å². The Kier molecular flexibility index (Phi) is 15.0. The fraction of sp³-hybridized carbons (Fsp3) is 0.529. The third-order valence-electron chi connectivity index (χ3n) is 6.44. The van der Waals surface area contributed by atoms with Gasteiger partial charge in [0.25, 0.3) is 5.91 Å². The van der Waals surface area contributed by atoms with Crippen LogP contribution in [0.5, 0.6) is 0 Å². The van der Waals surface area contributed by atoms with E-state index in [9.17, 15) is 19.2 Å². The third kappa shape index (κ3) is 14.4. The van der Waals surface area contributed by atoms with E-state index in [0.29, 0.717) is 12.0 Å². The van der Waals surface area contributed by atoms with Gasteiger partial charge in [-0.1, -0.05) is 56.1 Å². The zero-order chi connectivity index (χ0) is 33.8. The van der Waals surface area contributed by atoms with E-state index in [1.807, 2.05) is 12.1 Å². The van der Waals surface area contributed by atoms with E-state index in [0.717, 1.165) is 34.9 Å². The zero-order valence-electron chi connectivity index (χ0n) is 27.4. The van der Waals surface area contributed by atoms with Gasteiger partial charge in [-0.25, -0.2) is 4.79 Å². The quantitative estimate of drug-likeness (QED) is 0.171. The molecule has 0 aliphatic rings. The topological polar surface area (TPSA) is 114 Å². The Bertz CT molecular complexity index is 1260. The number of hydrogen-bond acceptors (Lipinski definition) is 7. The van der Waals surface area contributed by atoms with Crippen molar-refractivity contribution in [2.24, 2.45) is 0 Å². The van der Waals surface area contributed by atoms with Crippen LogP contribution in [0, 0.1) is 0 Å². The van der Waals surface area contributed by atoms with Crippen molar-refractivity contribution in [1.82, 2.24) is 10.6 Å². The smallest absolute Gasteiger partial charge is 0.329 e. The second-order valence-electron chi connectivity index (χ2n) is 12.8. The van der Waals surface area contributed by atoms with Crippen LogP contribution in [-0.4, -0.2) is 70.8 Å². The Morgan fingerprint density at radius 1 is 0.778 bits per heavy atom. The molecule has 0 aliphatic heterocycles. The summed E-state index contributed by atoms with van der Waals surface area (Å²) in [6, 6.07) is 13.7. The highest BCUT2D eigenvalue weighted by molar-refractivity contribution is 9.09. The molecule has 248 valence electrons. The number of nitrogens with zero attached hydrogens (tertiary/aromatic N) is 1. The number of nitrogens with one attached hydrogen (secondary N) is 2. The first-order valence-corrected chi connectivity index (χ1v) is 17.4. The standard InChI is InChI=1S/C34H47Br2N3O6/c1-23(30(41)38-28(32(43)45-34(5,6)7)16-17-29(40)44-33(2,3)4)37-31(42)26-12-8-24(9-13-26)22-25-10-14-27(15-11-25)39(20-18-35)21-19-36/h8-15,23,28H,16-22H2,1-7H3,(H,37,42)(H,38,41)/t23-,28-/m0/s1. The fourth-order valence-electron chi connectivity index (χ4n) is 4.33. The second kappa shape index (κ2) is 17.7. The highest BCUT2D eigenvalue weighted by atomic mass is 79.9. The van der Waals surface area contributed by atoms with Crippen LogP contribution >= 0.6 is 31.9 Å². The SMILES string of the molecule is C[C@H](NC(=O)c1ccc(Cc2ccc(N(CCBr)CCBr)cc2)cc1)C(=O)N[C@@H](CCC(=O)OC(C)(C)C)C(=O)OC(C)(C)C. The number of esters is 2. The van der Waals surface area contributed by atoms with Crippen molar-refractivity contribution in [2.75, 3.05) is 28.6 Å². The van der Waals surface area contributed by atoms with Crippen LogP contribution in [0.3, 0.4) is 0 Å². The number of carbonyl (C=O) groups excluding carboxylic acids is 4. The van der Waals surface area contributed by atoms with E-state index >= 15 is 0 Å². The molecule has 0 saturated heterocycles. The molecular formula is C34H47Br2N3O6. The Labute approximate surface area is 284 Å². The van der Waals surface area contributed by atoms with Crippen molar-refractivity contribution in [3.05, 3.63) is 65.2 Å². The molecule has 2 aromatic rings. The summed E-state index contributed by atoms with van der Waals surface area (Å²) < 4.78 is 10.8. The molecule has 2 rings (SSSR count). The summed E-state index contributed by atoms with van der Waals surface area (Å²) in [7, 11) is 0. The van der Waals surface area contributed by atoms with Crippen molar-refractivity contribution >= 4 is 61.3 Å². The van der Waals surface area contributed by atoms with Crippen molar-refractivity contribution in [2.45, 2.75) is 91.0 Å². The van der Waals surface area contributed by atoms with Gasteiger partial charge in [-0.15, -0.1) is 0 Å². The van der Waals surface area contributed by atoms with Gasteiger partial charge in [-0.05, 0) is 96.7 Å². The number of alkyl halides is 2. The van der Waals surface area contributed by atoms with Crippen LogP contribution in [0.15, 0.2) is 48.5 Å². The molecule has 0 unspecified atom stereocenters. The lowest BCUT2D eigenvalue weighted by Crippen LogP contribution is -2.51. The molecule has 0 radical (unpaired) electrons. The average molecular weight is 754 g/mol. The summed E-state index contributed by atoms with van der Waals surface area (Å²) in [6.45, 7) is 13.8. The molecule has 2 atom stereocenters. The number of anilines is 1. The minimum Gasteiger partial charge on any atom is -0.460 e. The van der Waals surface area contributed by atoms with E-state index in [1.54, 1.807) is 53.7 Å². The maximum atomic E-state index is 13.0. The van der Waals surface area contributed by atoms with Gasteiger partial charge in [0.05, 0.1) is 0 Å². The molecule has 0 fully saturated rings. The van der Waals surface area contributed by atoms with Crippen LogP contribution in [-0.2, 0) is 30.3 Å². The minimum atomic E-state index is -1.09. The largest absolute Gasteiger partial charge is 0.460 e. The number of hydrogen-bond donors (Lipinski definition) is 2. The summed E-state index contributed by atoms with van der Waals surface area (Å²) in [5.74, 6) is -2.16. The first kappa shape index (κ1) is 38.3. The summed E-state index contributed by atoms with van der Waals surface area (Å²) in [4.78, 5) is 53.3. The van der Waals surface area contributed by atoms with E-state index in [4.69, 9.17) is 9.47 Å². The Morgan fingerprint density at radius 3 is 1.78 bits per heavy atom. The molecule has 0 aromatic heterocycles. The molecule has 0 saturated carbocycles. The molecule has 0 heterocycles. The summed E-state index contributed by atoms with van der Waals surface area (Å²) >= 11 is 7.03. The minimum absolute atomic E-state index is 0.00756. The van der Waals surface area contributed by atoms with Crippen LogP contribution in [0.25, 0.3) is 0 Å². The number of halogens is 2. The van der Waals surface area contributed by atoms with Gasteiger partial charge in [-0.2, -0.15) is 0 Å². The average Bonchev–Trinajstić information content (AvgIpc) is 2.94. The maximum Gasteiger partial charge on any atom is 0.329 e. The molecule has 45 heavy (non-hydrogen) atoms. The van der Waals surface area contributed by atoms with Gasteiger partial charge in [0, 0.05) is 41.4 Å². The van der Waals surface area contributed by atoms with Gasteiger partial charge in [0.2, 0.25) is 5.91 Å². The van der Waals surface area contributed by atoms with Gasteiger partial charge < -0.3 is 25.0 Å². The first-order chi connectivity index (χ1) is 21.0. The highest BCUT2D eigenvalue weighted by Gasteiger charge is 2.30. The fourth-order valence-corrected chi connectivity index (χ4v) is 5.18. The lowest BCUT2D eigenvalue weighted by Gasteiger charge is -2.26. The molecule has 2 N–H and O–H groups in total. The first-order valence-electron chi connectivity index (χ1n) is 15.1. The summed E-state index contributed by atoms with van der Waals surface area (Å²) in [5.41, 5.74) is 2.32. The van der Waals surface area contributed by atoms with Crippen molar-refractivity contribution < 1.29 is 28.7 Å². The number of rotatable bonds is 15. The zero-order valence-corrected chi connectivity index (χ0v) is 30.5. The molecular weight excluding hydrogens is 706 g/mol. The van der Waals surface area contributed by atoms with Crippen LogP contribution < -0.4 is 15.5 Å². The van der Waals surface area contributed by atoms with Gasteiger partial charge >= 0.3 is 11.9 Å². The van der Waals surface area contributed by atoms with E-state index in [2.05, 4.69) is 71.7 Å². The lowest BCUT2D eigenvalue weighted by molar-refractivity contribution is -0.160. The van der Waals surface area contributed by atoms with Gasteiger partial charge in [-0.3, -0.25) is 14.4 Å². The molecule has 0 aliphatic carbocycles.